The van der Waals surface area contributed by atoms with Gasteiger partial charge in [0, 0.05) is 11.6 Å². The minimum Gasteiger partial charge on any atom is -0.463 e. The fourth-order valence-corrected chi connectivity index (χ4v) is 2.12. The van der Waals surface area contributed by atoms with Crippen LogP contribution in [0, 0.1) is 0 Å². The third kappa shape index (κ3) is 2.48. The van der Waals surface area contributed by atoms with Crippen LogP contribution >= 0.6 is 0 Å². The first-order chi connectivity index (χ1) is 8.46. The Morgan fingerprint density at radius 1 is 1.50 bits per heavy atom. The Hall–Kier alpha value is -1.17. The van der Waals surface area contributed by atoms with E-state index in [0.717, 1.165) is 0 Å². The first-order valence-corrected chi connectivity index (χ1v) is 5.98. The number of hydrogen-bond acceptors (Lipinski definition) is 5. The molecule has 5 heteroatoms. The van der Waals surface area contributed by atoms with Gasteiger partial charge in [0.25, 0.3) is 0 Å². The summed E-state index contributed by atoms with van der Waals surface area (Å²) in [5.74, 6) is -1.12. The number of carbonyl (C=O) groups excluding carboxylic acids is 1. The van der Waals surface area contributed by atoms with Gasteiger partial charge in [-0.2, -0.15) is 0 Å². The van der Waals surface area contributed by atoms with Gasteiger partial charge in [-0.25, -0.2) is 4.79 Å². The highest BCUT2D eigenvalue weighted by Gasteiger charge is 2.51. The zero-order valence-electron chi connectivity index (χ0n) is 10.8. The second kappa shape index (κ2) is 4.84. The van der Waals surface area contributed by atoms with Crippen LogP contribution in [0.25, 0.3) is 0 Å². The molecule has 0 saturated carbocycles. The van der Waals surface area contributed by atoms with Gasteiger partial charge < -0.3 is 18.9 Å². The van der Waals surface area contributed by atoms with Gasteiger partial charge in [0.1, 0.15) is 12.2 Å². The first kappa shape index (κ1) is 13.3. The molecule has 0 bridgehead atoms. The molecule has 0 spiro atoms. The van der Waals surface area contributed by atoms with Crippen molar-refractivity contribution in [3.05, 3.63) is 24.3 Å². The van der Waals surface area contributed by atoms with Crippen molar-refractivity contribution in [3.8, 4) is 0 Å². The number of esters is 1. The third-order valence-electron chi connectivity index (χ3n) is 2.78. The van der Waals surface area contributed by atoms with Crippen molar-refractivity contribution in [2.45, 2.75) is 45.1 Å². The Morgan fingerprint density at radius 2 is 2.22 bits per heavy atom. The molecule has 100 valence electrons. The first-order valence-electron chi connectivity index (χ1n) is 5.98. The quantitative estimate of drug-likeness (QED) is 0.434. The smallest absolute Gasteiger partial charge is 0.330 e. The van der Waals surface area contributed by atoms with Gasteiger partial charge in [-0.05, 0) is 20.8 Å². The van der Waals surface area contributed by atoms with Gasteiger partial charge >= 0.3 is 5.97 Å². The Morgan fingerprint density at radius 3 is 2.83 bits per heavy atom. The molecule has 0 aromatic rings. The standard InChI is InChI=1S/C13H18O5/c1-5-9-8(7-10(14)15-6-2)11-12(16-9)18-13(3,4)17-11/h5,7,9,11-12H,1,6H2,2-4H3/b8-7-/t9-,11-,12-/m1/s1. The number of fused-ring (bicyclic) bond motifs is 1. The maximum Gasteiger partial charge on any atom is 0.330 e. The summed E-state index contributed by atoms with van der Waals surface area (Å²) in [6, 6.07) is 0. The topological polar surface area (TPSA) is 54.0 Å². The summed E-state index contributed by atoms with van der Waals surface area (Å²) in [5.41, 5.74) is 0.694. The van der Waals surface area contributed by atoms with E-state index in [1.165, 1.54) is 6.08 Å². The lowest BCUT2D eigenvalue weighted by Crippen LogP contribution is -2.25. The molecule has 3 atom stereocenters. The zero-order valence-corrected chi connectivity index (χ0v) is 10.8. The molecule has 5 nitrogen and oxygen atoms in total. The minimum atomic E-state index is -0.713. The molecule has 2 aliphatic rings. The lowest BCUT2D eigenvalue weighted by atomic mass is 10.1. The Labute approximate surface area is 106 Å². The molecule has 2 fully saturated rings. The molecule has 0 amide bonds. The van der Waals surface area contributed by atoms with Crippen LogP contribution in [0.4, 0.5) is 0 Å². The largest absolute Gasteiger partial charge is 0.463 e. The van der Waals surface area contributed by atoms with E-state index in [1.807, 2.05) is 0 Å². The predicted octanol–water partition coefficient (Wildman–Crippen LogP) is 1.54. The number of rotatable bonds is 3. The third-order valence-corrected chi connectivity index (χ3v) is 2.78. The van der Waals surface area contributed by atoms with Crippen LogP contribution in [0.5, 0.6) is 0 Å². The molecule has 0 aromatic heterocycles. The molecule has 2 rings (SSSR count). The summed E-state index contributed by atoms with van der Waals surface area (Å²) in [4.78, 5) is 11.5. The summed E-state index contributed by atoms with van der Waals surface area (Å²) in [6.45, 7) is 9.38. The van der Waals surface area contributed by atoms with E-state index < -0.39 is 18.0 Å². The molecule has 0 unspecified atom stereocenters. The molecule has 2 heterocycles. The summed E-state index contributed by atoms with van der Waals surface area (Å²) >= 11 is 0. The van der Waals surface area contributed by atoms with E-state index >= 15 is 0 Å². The minimum absolute atomic E-state index is 0.333. The molecule has 0 aliphatic carbocycles. The normalized spacial score (nSPS) is 35.5. The maximum absolute atomic E-state index is 11.5. The second-order valence-corrected chi connectivity index (χ2v) is 4.61. The molecular weight excluding hydrogens is 236 g/mol. The maximum atomic E-state index is 11.5. The lowest BCUT2D eigenvalue weighted by Gasteiger charge is -2.20. The van der Waals surface area contributed by atoms with Gasteiger partial charge in [-0.1, -0.05) is 6.08 Å². The van der Waals surface area contributed by atoms with Crippen LogP contribution in [0.15, 0.2) is 24.3 Å². The second-order valence-electron chi connectivity index (χ2n) is 4.61. The molecule has 0 aromatic carbocycles. The Bertz CT molecular complexity index is 385. The molecule has 2 saturated heterocycles. The van der Waals surface area contributed by atoms with Gasteiger partial charge in [0.05, 0.1) is 6.61 Å². The van der Waals surface area contributed by atoms with E-state index in [0.29, 0.717) is 12.2 Å². The van der Waals surface area contributed by atoms with Crippen molar-refractivity contribution in [1.29, 1.82) is 0 Å². The monoisotopic (exact) mass is 254 g/mol. The van der Waals surface area contributed by atoms with E-state index in [-0.39, 0.29) is 12.2 Å². The van der Waals surface area contributed by atoms with Crippen LogP contribution in [0.3, 0.4) is 0 Å². The van der Waals surface area contributed by atoms with Gasteiger partial charge in [-0.3, -0.25) is 0 Å². The van der Waals surface area contributed by atoms with Crippen molar-refractivity contribution >= 4 is 5.97 Å². The van der Waals surface area contributed by atoms with Crippen LogP contribution in [0.1, 0.15) is 20.8 Å². The van der Waals surface area contributed by atoms with Crippen molar-refractivity contribution in [3.63, 3.8) is 0 Å². The molecule has 18 heavy (non-hydrogen) atoms. The summed E-state index contributed by atoms with van der Waals surface area (Å²) in [7, 11) is 0. The average Bonchev–Trinajstić information content (AvgIpc) is 2.72. The van der Waals surface area contributed by atoms with E-state index in [1.54, 1.807) is 26.8 Å². The van der Waals surface area contributed by atoms with Crippen molar-refractivity contribution in [2.24, 2.45) is 0 Å². The summed E-state index contributed by atoms with van der Waals surface area (Å²) in [5, 5.41) is 0. The molecule has 2 aliphatic heterocycles. The zero-order chi connectivity index (χ0) is 13.3. The highest BCUT2D eigenvalue weighted by atomic mass is 16.8. The van der Waals surface area contributed by atoms with Crippen LogP contribution < -0.4 is 0 Å². The number of hydrogen-bond donors (Lipinski definition) is 0. The molecular formula is C13H18O5. The molecule has 0 radical (unpaired) electrons. The van der Waals surface area contributed by atoms with Crippen molar-refractivity contribution < 1.29 is 23.7 Å². The van der Waals surface area contributed by atoms with E-state index in [4.69, 9.17) is 18.9 Å². The highest BCUT2D eigenvalue weighted by Crippen LogP contribution is 2.40. The van der Waals surface area contributed by atoms with Crippen LogP contribution in [-0.2, 0) is 23.7 Å². The van der Waals surface area contributed by atoms with Crippen LogP contribution in [0.2, 0.25) is 0 Å². The molecule has 0 N–H and O–H groups in total. The predicted molar refractivity (Wildman–Crippen MR) is 63.6 cm³/mol. The van der Waals surface area contributed by atoms with Gasteiger partial charge in [0.2, 0.25) is 0 Å². The fraction of sp³-hybridized carbons (Fsp3) is 0.615. The summed E-state index contributed by atoms with van der Waals surface area (Å²) < 4.78 is 21.8. The van der Waals surface area contributed by atoms with E-state index in [2.05, 4.69) is 6.58 Å². The van der Waals surface area contributed by atoms with Crippen molar-refractivity contribution in [2.75, 3.05) is 6.61 Å². The SMILES string of the molecule is C=C[C@H]1O[C@@H]2OC(C)(C)O[C@@H]2/C1=C\C(=O)OCC. The fourth-order valence-electron chi connectivity index (χ4n) is 2.12. The van der Waals surface area contributed by atoms with Gasteiger partial charge in [0.15, 0.2) is 12.1 Å². The Kier molecular flexibility index (Phi) is 3.56. The summed E-state index contributed by atoms with van der Waals surface area (Å²) in [6.07, 6.45) is 1.77. The average molecular weight is 254 g/mol. The van der Waals surface area contributed by atoms with Gasteiger partial charge in [-0.15, -0.1) is 6.58 Å². The van der Waals surface area contributed by atoms with E-state index in [9.17, 15) is 4.79 Å². The number of ether oxygens (including phenoxy) is 4. The highest BCUT2D eigenvalue weighted by molar-refractivity contribution is 5.83. The number of carbonyl (C=O) groups is 1. The van der Waals surface area contributed by atoms with Crippen LogP contribution in [-0.4, -0.2) is 36.9 Å². The lowest BCUT2D eigenvalue weighted by molar-refractivity contribution is -0.196. The van der Waals surface area contributed by atoms with Crippen molar-refractivity contribution in [1.82, 2.24) is 0 Å². The Balaban J connectivity index is 2.20.